The Labute approximate surface area is 48.2 Å². The minimum Gasteiger partial charge on any atom is -0.378 e. The number of thiol groups is 1. The topological polar surface area (TPSA) is 44.0 Å². The highest BCUT2D eigenvalue weighted by atomic mass is 32.1. The number of hydrogen-bond donors (Lipinski definition) is 2. The maximum Gasteiger partial charge on any atom is 0.141 e. The minimum atomic E-state index is -0.822. The standard InChI is InChI=1S/C4H7NOS/c5-3-4(6)1-2-7/h4,6-7H,1-2H2. The second-order valence-electron chi connectivity index (χ2n) is 1.16. The molecule has 2 nitrogen and oxygen atoms in total. The lowest BCUT2D eigenvalue weighted by molar-refractivity contribution is 0.227. The van der Waals surface area contributed by atoms with Crippen molar-refractivity contribution in [2.45, 2.75) is 12.5 Å². The fraction of sp³-hybridized carbons (Fsp3) is 0.750. The van der Waals surface area contributed by atoms with E-state index in [4.69, 9.17) is 10.4 Å². The highest BCUT2D eigenvalue weighted by Crippen LogP contribution is 1.89. The summed E-state index contributed by atoms with van der Waals surface area (Å²) in [6.45, 7) is 0. The van der Waals surface area contributed by atoms with Gasteiger partial charge in [-0.3, -0.25) is 0 Å². The van der Waals surface area contributed by atoms with E-state index in [9.17, 15) is 0 Å². The molecule has 40 valence electrons. The maximum absolute atomic E-state index is 8.45. The van der Waals surface area contributed by atoms with Crippen LogP contribution < -0.4 is 0 Å². The lowest BCUT2D eigenvalue weighted by atomic mass is 10.3. The Kier molecular flexibility index (Phi) is 3.86. The molecule has 1 N–H and O–H groups in total. The summed E-state index contributed by atoms with van der Waals surface area (Å²) in [6.07, 6.45) is -0.364. The summed E-state index contributed by atoms with van der Waals surface area (Å²) in [4.78, 5) is 0. The zero-order valence-electron chi connectivity index (χ0n) is 3.83. The van der Waals surface area contributed by atoms with Gasteiger partial charge in [-0.05, 0) is 12.2 Å². The quantitative estimate of drug-likeness (QED) is 0.400. The van der Waals surface area contributed by atoms with Gasteiger partial charge in [0, 0.05) is 0 Å². The first-order valence-electron chi connectivity index (χ1n) is 1.99. The smallest absolute Gasteiger partial charge is 0.141 e. The van der Waals surface area contributed by atoms with E-state index in [1.54, 1.807) is 6.07 Å². The van der Waals surface area contributed by atoms with E-state index in [1.165, 1.54) is 0 Å². The third kappa shape index (κ3) is 3.64. The Morgan fingerprint density at radius 1 is 1.86 bits per heavy atom. The molecule has 0 radical (unpaired) electrons. The summed E-state index contributed by atoms with van der Waals surface area (Å²) < 4.78 is 0. The third-order valence-electron chi connectivity index (χ3n) is 0.552. The highest BCUT2D eigenvalue weighted by Gasteiger charge is 1.95. The number of nitrogens with zero attached hydrogens (tertiary/aromatic N) is 1. The second-order valence-corrected chi connectivity index (χ2v) is 1.60. The van der Waals surface area contributed by atoms with Crippen molar-refractivity contribution in [3.8, 4) is 6.07 Å². The van der Waals surface area contributed by atoms with E-state index in [1.807, 2.05) is 0 Å². The maximum atomic E-state index is 8.45. The van der Waals surface area contributed by atoms with E-state index in [0.717, 1.165) is 0 Å². The second kappa shape index (κ2) is 3.97. The number of hydrogen-bond acceptors (Lipinski definition) is 3. The molecule has 0 heterocycles. The van der Waals surface area contributed by atoms with Crippen LogP contribution in [0.25, 0.3) is 0 Å². The number of nitriles is 1. The Hall–Kier alpha value is -0.200. The molecule has 0 aromatic rings. The van der Waals surface area contributed by atoms with Gasteiger partial charge in [0.2, 0.25) is 0 Å². The van der Waals surface area contributed by atoms with Crippen LogP contribution in [0.4, 0.5) is 0 Å². The van der Waals surface area contributed by atoms with E-state index < -0.39 is 6.10 Å². The molecule has 0 saturated carbocycles. The average molecular weight is 117 g/mol. The third-order valence-corrected chi connectivity index (χ3v) is 0.810. The van der Waals surface area contributed by atoms with Crippen LogP contribution in [-0.4, -0.2) is 17.0 Å². The number of aliphatic hydroxyl groups is 1. The van der Waals surface area contributed by atoms with Crippen molar-refractivity contribution in [2.75, 3.05) is 5.75 Å². The summed E-state index contributed by atoms with van der Waals surface area (Å²) in [6, 6.07) is 1.67. The molecule has 1 atom stereocenters. The normalized spacial score (nSPS) is 12.7. The fourth-order valence-electron chi connectivity index (χ4n) is 0.187. The molecule has 0 fully saturated rings. The van der Waals surface area contributed by atoms with Crippen LogP contribution in [0.1, 0.15) is 6.42 Å². The molecule has 0 aromatic heterocycles. The van der Waals surface area contributed by atoms with Crippen LogP contribution in [0, 0.1) is 11.3 Å². The fourth-order valence-corrected chi connectivity index (χ4v) is 0.431. The van der Waals surface area contributed by atoms with Gasteiger partial charge in [0.25, 0.3) is 0 Å². The Balaban J connectivity index is 3.04. The molecule has 1 unspecified atom stereocenters. The molecule has 0 amide bonds. The first-order chi connectivity index (χ1) is 3.31. The minimum absolute atomic E-state index is 0.458. The first-order valence-corrected chi connectivity index (χ1v) is 2.63. The molecule has 0 bridgehead atoms. The van der Waals surface area contributed by atoms with Gasteiger partial charge < -0.3 is 5.11 Å². The molecular formula is C4H7NOS. The molecule has 0 aliphatic rings. The Morgan fingerprint density at radius 2 is 2.43 bits per heavy atom. The van der Waals surface area contributed by atoms with Crippen molar-refractivity contribution in [1.82, 2.24) is 0 Å². The lowest BCUT2D eigenvalue weighted by Crippen LogP contribution is -2.01. The van der Waals surface area contributed by atoms with Crippen molar-refractivity contribution >= 4 is 12.6 Å². The summed E-state index contributed by atoms with van der Waals surface area (Å²) in [5.41, 5.74) is 0. The van der Waals surface area contributed by atoms with Gasteiger partial charge in [0.15, 0.2) is 0 Å². The summed E-state index contributed by atoms with van der Waals surface area (Å²) >= 11 is 3.80. The molecule has 0 rings (SSSR count). The zero-order valence-corrected chi connectivity index (χ0v) is 4.73. The van der Waals surface area contributed by atoms with Crippen LogP contribution in [0.2, 0.25) is 0 Å². The largest absolute Gasteiger partial charge is 0.378 e. The monoisotopic (exact) mass is 117 g/mol. The van der Waals surface area contributed by atoms with Crippen LogP contribution in [0.15, 0.2) is 0 Å². The zero-order chi connectivity index (χ0) is 5.70. The Bertz CT molecular complexity index is 78.2. The molecule has 0 spiro atoms. The molecule has 0 aromatic carbocycles. The van der Waals surface area contributed by atoms with Gasteiger partial charge in [-0.15, -0.1) is 0 Å². The molecule has 7 heavy (non-hydrogen) atoms. The van der Waals surface area contributed by atoms with Crippen molar-refractivity contribution < 1.29 is 5.11 Å². The van der Waals surface area contributed by atoms with E-state index in [2.05, 4.69) is 12.6 Å². The van der Waals surface area contributed by atoms with Gasteiger partial charge in [-0.1, -0.05) is 0 Å². The molecular weight excluding hydrogens is 110 g/mol. The highest BCUT2D eigenvalue weighted by molar-refractivity contribution is 7.80. The van der Waals surface area contributed by atoms with Crippen molar-refractivity contribution in [3.05, 3.63) is 0 Å². The van der Waals surface area contributed by atoms with Gasteiger partial charge in [0.05, 0.1) is 6.07 Å². The summed E-state index contributed by atoms with van der Waals surface area (Å²) in [5.74, 6) is 0.564. The number of aliphatic hydroxyl groups excluding tert-OH is 1. The SMILES string of the molecule is N#CC(O)CCS. The summed E-state index contributed by atoms with van der Waals surface area (Å²) in [5, 5.41) is 16.4. The van der Waals surface area contributed by atoms with E-state index in [-0.39, 0.29) is 0 Å². The van der Waals surface area contributed by atoms with Crippen molar-refractivity contribution in [1.29, 1.82) is 5.26 Å². The Morgan fingerprint density at radius 3 is 2.57 bits per heavy atom. The molecule has 0 aliphatic heterocycles. The predicted molar refractivity (Wildman–Crippen MR) is 30.1 cm³/mol. The average Bonchev–Trinajstić information content (AvgIpc) is 1.68. The molecule has 0 aliphatic carbocycles. The molecule has 3 heteroatoms. The number of rotatable bonds is 2. The lowest BCUT2D eigenvalue weighted by Gasteiger charge is -1.92. The molecule has 0 saturated heterocycles. The van der Waals surface area contributed by atoms with E-state index >= 15 is 0 Å². The van der Waals surface area contributed by atoms with E-state index in [0.29, 0.717) is 12.2 Å². The van der Waals surface area contributed by atoms with Gasteiger partial charge in [-0.2, -0.15) is 17.9 Å². The van der Waals surface area contributed by atoms with Crippen LogP contribution in [0.5, 0.6) is 0 Å². The predicted octanol–water partition coefficient (Wildman–Crippen LogP) is 0.191. The van der Waals surface area contributed by atoms with Gasteiger partial charge in [0.1, 0.15) is 6.10 Å². The van der Waals surface area contributed by atoms with Crippen molar-refractivity contribution in [2.24, 2.45) is 0 Å². The van der Waals surface area contributed by atoms with Crippen LogP contribution >= 0.6 is 12.6 Å². The first kappa shape index (κ1) is 6.80. The van der Waals surface area contributed by atoms with Crippen molar-refractivity contribution in [3.63, 3.8) is 0 Å². The van der Waals surface area contributed by atoms with Gasteiger partial charge in [-0.25, -0.2) is 0 Å². The van der Waals surface area contributed by atoms with Crippen LogP contribution in [-0.2, 0) is 0 Å². The summed E-state index contributed by atoms with van der Waals surface area (Å²) in [7, 11) is 0. The van der Waals surface area contributed by atoms with Gasteiger partial charge >= 0.3 is 0 Å². The van der Waals surface area contributed by atoms with Crippen LogP contribution in [0.3, 0.4) is 0 Å².